The quantitative estimate of drug-likeness (QED) is 0.552. The van der Waals surface area contributed by atoms with Gasteiger partial charge in [-0.2, -0.15) is 0 Å². The second-order valence-electron chi connectivity index (χ2n) is 5.08. The van der Waals surface area contributed by atoms with Crippen molar-refractivity contribution in [3.8, 4) is 0 Å². The van der Waals surface area contributed by atoms with Gasteiger partial charge in [0.2, 0.25) is 5.91 Å². The van der Waals surface area contributed by atoms with Gasteiger partial charge in [-0.25, -0.2) is 4.79 Å². The fraction of sp³-hybridized carbons (Fsp3) is 0.353. The molecule has 0 aromatic heterocycles. The van der Waals surface area contributed by atoms with E-state index in [1.54, 1.807) is 12.1 Å². The van der Waals surface area contributed by atoms with Gasteiger partial charge in [-0.3, -0.25) is 9.59 Å². The first-order valence-corrected chi connectivity index (χ1v) is 7.94. The minimum Gasteiger partial charge on any atom is -0.452 e. The number of ether oxygens (including phenoxy) is 1. The number of rotatable bonds is 8. The van der Waals surface area contributed by atoms with Gasteiger partial charge >= 0.3 is 5.97 Å². The normalized spacial score (nSPS) is 10.5. The summed E-state index contributed by atoms with van der Waals surface area (Å²) >= 11 is 5.99. The zero-order valence-electron chi connectivity index (χ0n) is 13.7. The summed E-state index contributed by atoms with van der Waals surface area (Å²) in [6, 6.07) is 5.37. The summed E-state index contributed by atoms with van der Waals surface area (Å²) in [6.45, 7) is 3.77. The second kappa shape index (κ2) is 10.4. The highest BCUT2D eigenvalue weighted by molar-refractivity contribution is 6.31. The number of carbonyl (C=O) groups excluding carboxylic acids is 3. The van der Waals surface area contributed by atoms with Gasteiger partial charge < -0.3 is 15.4 Å². The lowest BCUT2D eigenvalue weighted by atomic mass is 10.1. The minimum absolute atomic E-state index is 0.145. The minimum atomic E-state index is -0.655. The van der Waals surface area contributed by atoms with Crippen molar-refractivity contribution in [1.29, 1.82) is 0 Å². The summed E-state index contributed by atoms with van der Waals surface area (Å²) in [5.74, 6) is -1.48. The Bertz CT molecular complexity index is 629. The molecule has 6 nitrogen and oxygen atoms in total. The highest BCUT2D eigenvalue weighted by atomic mass is 35.5. The SMILES string of the molecule is CCCNC(=O)CNC(=O)COC(=O)/C=C/c1ccc(C)c(Cl)c1. The first-order valence-electron chi connectivity index (χ1n) is 7.56. The van der Waals surface area contributed by atoms with Crippen molar-refractivity contribution in [2.75, 3.05) is 19.7 Å². The Hall–Kier alpha value is -2.34. The summed E-state index contributed by atoms with van der Waals surface area (Å²) in [7, 11) is 0. The average molecular weight is 353 g/mol. The number of amides is 2. The van der Waals surface area contributed by atoms with Crippen molar-refractivity contribution >= 4 is 35.5 Å². The van der Waals surface area contributed by atoms with E-state index in [2.05, 4.69) is 10.6 Å². The Morgan fingerprint density at radius 3 is 2.62 bits per heavy atom. The smallest absolute Gasteiger partial charge is 0.331 e. The molecule has 0 bridgehead atoms. The lowest BCUT2D eigenvalue weighted by Gasteiger charge is -2.06. The molecular weight excluding hydrogens is 332 g/mol. The highest BCUT2D eigenvalue weighted by Gasteiger charge is 2.07. The number of hydrogen-bond acceptors (Lipinski definition) is 4. The van der Waals surface area contributed by atoms with E-state index in [0.29, 0.717) is 11.6 Å². The molecule has 0 unspecified atom stereocenters. The molecule has 0 spiro atoms. The van der Waals surface area contributed by atoms with Crippen LogP contribution >= 0.6 is 11.6 Å². The summed E-state index contributed by atoms with van der Waals surface area (Å²) in [6.07, 6.45) is 3.57. The average Bonchev–Trinajstić information content (AvgIpc) is 2.57. The molecule has 0 saturated carbocycles. The molecule has 0 atom stereocenters. The van der Waals surface area contributed by atoms with Crippen molar-refractivity contribution in [1.82, 2.24) is 10.6 Å². The number of halogens is 1. The molecule has 2 amide bonds. The van der Waals surface area contributed by atoms with Crippen LogP contribution in [0.4, 0.5) is 0 Å². The van der Waals surface area contributed by atoms with E-state index in [1.165, 1.54) is 6.08 Å². The number of benzene rings is 1. The highest BCUT2D eigenvalue weighted by Crippen LogP contribution is 2.17. The third-order valence-electron chi connectivity index (χ3n) is 2.97. The van der Waals surface area contributed by atoms with Gasteiger partial charge in [-0.05, 0) is 36.6 Å². The van der Waals surface area contributed by atoms with E-state index >= 15 is 0 Å². The van der Waals surface area contributed by atoms with E-state index in [9.17, 15) is 14.4 Å². The van der Waals surface area contributed by atoms with E-state index in [4.69, 9.17) is 16.3 Å². The van der Waals surface area contributed by atoms with E-state index < -0.39 is 18.5 Å². The van der Waals surface area contributed by atoms with Gasteiger partial charge in [-0.1, -0.05) is 30.7 Å². The van der Waals surface area contributed by atoms with Crippen LogP contribution in [0.5, 0.6) is 0 Å². The molecule has 24 heavy (non-hydrogen) atoms. The van der Waals surface area contributed by atoms with E-state index in [1.807, 2.05) is 26.0 Å². The van der Waals surface area contributed by atoms with Gasteiger partial charge in [0.05, 0.1) is 6.54 Å². The molecule has 1 aromatic carbocycles. The fourth-order valence-electron chi connectivity index (χ4n) is 1.62. The zero-order chi connectivity index (χ0) is 17.9. The maximum Gasteiger partial charge on any atom is 0.331 e. The predicted octanol–water partition coefficient (Wildman–Crippen LogP) is 1.85. The van der Waals surface area contributed by atoms with Gasteiger partial charge in [0.15, 0.2) is 6.61 Å². The monoisotopic (exact) mass is 352 g/mol. The zero-order valence-corrected chi connectivity index (χ0v) is 14.5. The molecule has 2 N–H and O–H groups in total. The standard InChI is InChI=1S/C17H21ClN2O4/c1-3-8-19-15(21)10-20-16(22)11-24-17(23)7-6-13-5-4-12(2)14(18)9-13/h4-7,9H,3,8,10-11H2,1-2H3,(H,19,21)(H,20,22)/b7-6+. The number of aryl methyl sites for hydroxylation is 1. The lowest BCUT2D eigenvalue weighted by molar-refractivity contribution is -0.143. The van der Waals surface area contributed by atoms with Crippen molar-refractivity contribution in [2.45, 2.75) is 20.3 Å². The molecule has 0 aliphatic heterocycles. The molecule has 0 aliphatic rings. The van der Waals surface area contributed by atoms with Crippen LogP contribution in [0.3, 0.4) is 0 Å². The van der Waals surface area contributed by atoms with Crippen LogP contribution in [0.15, 0.2) is 24.3 Å². The third-order valence-corrected chi connectivity index (χ3v) is 3.38. The van der Waals surface area contributed by atoms with Crippen molar-refractivity contribution in [2.24, 2.45) is 0 Å². The summed E-state index contributed by atoms with van der Waals surface area (Å²) in [5, 5.41) is 5.58. The van der Waals surface area contributed by atoms with Crippen LogP contribution in [0.2, 0.25) is 5.02 Å². The van der Waals surface area contributed by atoms with E-state index in [0.717, 1.165) is 17.5 Å². The van der Waals surface area contributed by atoms with Crippen LogP contribution < -0.4 is 10.6 Å². The number of esters is 1. The van der Waals surface area contributed by atoms with E-state index in [-0.39, 0.29) is 12.5 Å². The lowest BCUT2D eigenvalue weighted by Crippen LogP contribution is -2.38. The summed E-state index contributed by atoms with van der Waals surface area (Å²) < 4.78 is 4.79. The third kappa shape index (κ3) is 7.78. The van der Waals surface area contributed by atoms with Gasteiger partial charge in [-0.15, -0.1) is 0 Å². The van der Waals surface area contributed by atoms with Crippen LogP contribution in [-0.4, -0.2) is 37.5 Å². The van der Waals surface area contributed by atoms with Crippen molar-refractivity contribution < 1.29 is 19.1 Å². The molecule has 1 rings (SSSR count). The van der Waals surface area contributed by atoms with Crippen LogP contribution in [0.1, 0.15) is 24.5 Å². The fourth-order valence-corrected chi connectivity index (χ4v) is 1.81. The number of hydrogen-bond donors (Lipinski definition) is 2. The Morgan fingerprint density at radius 1 is 1.21 bits per heavy atom. The molecule has 0 fully saturated rings. The maximum atomic E-state index is 11.6. The Kier molecular flexibility index (Phi) is 8.57. The topological polar surface area (TPSA) is 84.5 Å². The first kappa shape index (κ1) is 19.7. The maximum absolute atomic E-state index is 11.6. The Morgan fingerprint density at radius 2 is 1.96 bits per heavy atom. The second-order valence-corrected chi connectivity index (χ2v) is 5.48. The molecule has 130 valence electrons. The predicted molar refractivity (Wildman–Crippen MR) is 92.5 cm³/mol. The molecular formula is C17H21ClN2O4. The van der Waals surface area contributed by atoms with Gasteiger partial charge in [0.25, 0.3) is 5.91 Å². The first-order chi connectivity index (χ1) is 11.4. The summed E-state index contributed by atoms with van der Waals surface area (Å²) in [5.41, 5.74) is 1.69. The Labute approximate surface area is 146 Å². The molecule has 7 heteroatoms. The summed E-state index contributed by atoms with van der Waals surface area (Å²) in [4.78, 5) is 34.3. The molecule has 0 heterocycles. The van der Waals surface area contributed by atoms with Crippen LogP contribution in [-0.2, 0) is 19.1 Å². The van der Waals surface area contributed by atoms with Gasteiger partial charge in [0, 0.05) is 17.6 Å². The molecule has 0 saturated heterocycles. The number of nitrogens with one attached hydrogen (secondary N) is 2. The Balaban J connectivity index is 2.32. The van der Waals surface area contributed by atoms with Crippen molar-refractivity contribution in [3.63, 3.8) is 0 Å². The molecule has 1 aromatic rings. The number of carbonyl (C=O) groups is 3. The largest absolute Gasteiger partial charge is 0.452 e. The van der Waals surface area contributed by atoms with Gasteiger partial charge in [0.1, 0.15) is 0 Å². The molecule has 0 aliphatic carbocycles. The van der Waals surface area contributed by atoms with Crippen LogP contribution in [0.25, 0.3) is 6.08 Å². The van der Waals surface area contributed by atoms with Crippen molar-refractivity contribution in [3.05, 3.63) is 40.4 Å². The molecule has 0 radical (unpaired) electrons. The van der Waals surface area contributed by atoms with Crippen LogP contribution in [0, 0.1) is 6.92 Å².